The van der Waals surface area contributed by atoms with Crippen LogP contribution in [0.3, 0.4) is 0 Å². The van der Waals surface area contributed by atoms with E-state index in [2.05, 4.69) is 0 Å². The van der Waals surface area contributed by atoms with E-state index in [9.17, 15) is 9.59 Å². The van der Waals surface area contributed by atoms with Crippen molar-refractivity contribution in [2.45, 2.75) is 33.0 Å². The molecule has 1 heterocycles. The predicted molar refractivity (Wildman–Crippen MR) is 80.0 cm³/mol. The van der Waals surface area contributed by atoms with Crippen molar-refractivity contribution in [3.8, 4) is 5.75 Å². The maximum Gasteiger partial charge on any atom is 0.334 e. The summed E-state index contributed by atoms with van der Waals surface area (Å²) in [5.74, 6) is -0.587. The molecule has 22 heavy (non-hydrogen) atoms. The highest BCUT2D eigenvalue weighted by atomic mass is 16.5. The first-order chi connectivity index (χ1) is 10.4. The molecule has 1 aromatic carbocycles. The van der Waals surface area contributed by atoms with Crippen LogP contribution in [-0.2, 0) is 14.3 Å². The molecule has 1 saturated heterocycles. The molecule has 1 aromatic rings. The number of carboxylic acids is 1. The van der Waals surface area contributed by atoms with Gasteiger partial charge in [0.25, 0.3) is 5.91 Å². The van der Waals surface area contributed by atoms with Gasteiger partial charge >= 0.3 is 5.97 Å². The highest BCUT2D eigenvalue weighted by Gasteiger charge is 2.32. The largest absolute Gasteiger partial charge is 0.483 e. The Hall–Kier alpha value is -2.08. The van der Waals surface area contributed by atoms with Crippen molar-refractivity contribution < 1.29 is 24.2 Å². The number of aryl methyl sites for hydroxylation is 2. The first-order valence-electron chi connectivity index (χ1n) is 7.23. The van der Waals surface area contributed by atoms with Gasteiger partial charge in [-0.05, 0) is 31.9 Å². The Morgan fingerprint density at radius 3 is 2.55 bits per heavy atom. The van der Waals surface area contributed by atoms with Gasteiger partial charge in [-0.25, -0.2) is 4.79 Å². The number of nitrogens with zero attached hydrogens (tertiary/aromatic N) is 1. The zero-order chi connectivity index (χ0) is 16.3. The lowest BCUT2D eigenvalue weighted by Crippen LogP contribution is -2.52. The lowest BCUT2D eigenvalue weighted by atomic mass is 10.1. The van der Waals surface area contributed by atoms with Gasteiger partial charge in [0, 0.05) is 6.54 Å². The van der Waals surface area contributed by atoms with Crippen LogP contribution in [0, 0.1) is 13.8 Å². The highest BCUT2D eigenvalue weighted by molar-refractivity contribution is 5.80. The Kier molecular flexibility index (Phi) is 5.03. The fourth-order valence-corrected chi connectivity index (χ4v) is 2.54. The molecule has 1 fully saturated rings. The molecule has 0 radical (unpaired) electrons. The number of carbonyl (C=O) groups excluding carboxylic acids is 1. The average Bonchev–Trinajstić information content (AvgIpc) is 2.45. The first-order valence-corrected chi connectivity index (χ1v) is 7.23. The van der Waals surface area contributed by atoms with E-state index in [4.69, 9.17) is 14.6 Å². The van der Waals surface area contributed by atoms with Crippen molar-refractivity contribution in [3.63, 3.8) is 0 Å². The van der Waals surface area contributed by atoms with E-state index in [0.717, 1.165) is 11.1 Å². The number of morpholine rings is 1. The van der Waals surface area contributed by atoms with E-state index >= 15 is 0 Å². The van der Waals surface area contributed by atoms with Crippen LogP contribution in [0.15, 0.2) is 18.2 Å². The maximum atomic E-state index is 12.3. The van der Waals surface area contributed by atoms with Gasteiger partial charge in [-0.1, -0.05) is 18.2 Å². The summed E-state index contributed by atoms with van der Waals surface area (Å²) in [5.41, 5.74) is 1.93. The minimum absolute atomic E-state index is 0.0502. The molecule has 1 aliphatic rings. The van der Waals surface area contributed by atoms with Gasteiger partial charge < -0.3 is 19.5 Å². The Morgan fingerprint density at radius 2 is 1.95 bits per heavy atom. The number of aliphatic carboxylic acids is 1. The van der Waals surface area contributed by atoms with Crippen LogP contribution in [0.2, 0.25) is 0 Å². The standard InChI is InChI=1S/C16H21NO5/c1-10-5-4-6-11(2)15(10)21-9-14(18)17-7-12(3)22-13(8-17)16(19)20/h4-6,12-13H,7-9H2,1-3H3,(H,19,20)/t12-,13?/m1/s1. The summed E-state index contributed by atoms with van der Waals surface area (Å²) in [6.07, 6.45) is -1.29. The molecular formula is C16H21NO5. The lowest BCUT2D eigenvalue weighted by molar-refractivity contribution is -0.167. The van der Waals surface area contributed by atoms with E-state index in [1.54, 1.807) is 6.92 Å². The molecule has 1 N–H and O–H groups in total. The molecule has 1 unspecified atom stereocenters. The molecule has 6 nitrogen and oxygen atoms in total. The molecule has 6 heteroatoms. The smallest absolute Gasteiger partial charge is 0.334 e. The molecule has 2 atom stereocenters. The molecule has 120 valence electrons. The van der Waals surface area contributed by atoms with Crippen LogP contribution < -0.4 is 4.74 Å². The van der Waals surface area contributed by atoms with E-state index in [-0.39, 0.29) is 25.2 Å². The third-order valence-electron chi connectivity index (χ3n) is 3.64. The molecule has 0 aromatic heterocycles. The Morgan fingerprint density at radius 1 is 1.32 bits per heavy atom. The van der Waals surface area contributed by atoms with Gasteiger partial charge in [0.05, 0.1) is 12.6 Å². The quantitative estimate of drug-likeness (QED) is 0.909. The van der Waals surface area contributed by atoms with Crippen molar-refractivity contribution in [1.82, 2.24) is 4.90 Å². The number of rotatable bonds is 4. The third-order valence-corrected chi connectivity index (χ3v) is 3.64. The number of carbonyl (C=O) groups is 2. The molecule has 1 aliphatic heterocycles. The molecule has 0 spiro atoms. The van der Waals surface area contributed by atoms with Crippen molar-refractivity contribution in [3.05, 3.63) is 29.3 Å². The van der Waals surface area contributed by atoms with E-state index < -0.39 is 12.1 Å². The summed E-state index contributed by atoms with van der Waals surface area (Å²) in [4.78, 5) is 24.8. The normalized spacial score (nSPS) is 21.5. The van der Waals surface area contributed by atoms with Crippen LogP contribution in [0.5, 0.6) is 5.75 Å². The van der Waals surface area contributed by atoms with E-state index in [1.165, 1.54) is 4.90 Å². The van der Waals surface area contributed by atoms with Crippen LogP contribution >= 0.6 is 0 Å². The van der Waals surface area contributed by atoms with Gasteiger partial charge in [0.1, 0.15) is 5.75 Å². The van der Waals surface area contributed by atoms with Crippen molar-refractivity contribution in [2.24, 2.45) is 0 Å². The first kappa shape index (κ1) is 16.3. The molecule has 1 amide bonds. The molecule has 0 bridgehead atoms. The average molecular weight is 307 g/mol. The number of para-hydroxylation sites is 1. The van der Waals surface area contributed by atoms with Gasteiger partial charge in [0.2, 0.25) is 0 Å². The van der Waals surface area contributed by atoms with Gasteiger partial charge in [-0.2, -0.15) is 0 Å². The number of hydrogen-bond donors (Lipinski definition) is 1. The fourth-order valence-electron chi connectivity index (χ4n) is 2.54. The predicted octanol–water partition coefficient (Wildman–Crippen LogP) is 1.38. The van der Waals surface area contributed by atoms with Gasteiger partial charge in [-0.3, -0.25) is 4.79 Å². The van der Waals surface area contributed by atoms with Crippen LogP contribution in [0.25, 0.3) is 0 Å². The zero-order valence-electron chi connectivity index (χ0n) is 13.0. The van der Waals surface area contributed by atoms with Gasteiger partial charge in [0.15, 0.2) is 12.7 Å². The van der Waals surface area contributed by atoms with Crippen molar-refractivity contribution >= 4 is 11.9 Å². The Balaban J connectivity index is 1.98. The summed E-state index contributed by atoms with van der Waals surface area (Å²) in [6.45, 7) is 5.91. The second kappa shape index (κ2) is 6.79. The number of ether oxygens (including phenoxy) is 2. The number of hydrogen-bond acceptors (Lipinski definition) is 4. The summed E-state index contributed by atoms with van der Waals surface area (Å²) >= 11 is 0. The van der Waals surface area contributed by atoms with E-state index in [0.29, 0.717) is 12.3 Å². The summed E-state index contributed by atoms with van der Waals surface area (Å²) < 4.78 is 10.9. The summed E-state index contributed by atoms with van der Waals surface area (Å²) in [6, 6.07) is 5.77. The summed E-state index contributed by atoms with van der Waals surface area (Å²) in [7, 11) is 0. The zero-order valence-corrected chi connectivity index (χ0v) is 13.0. The van der Waals surface area contributed by atoms with Gasteiger partial charge in [-0.15, -0.1) is 0 Å². The van der Waals surface area contributed by atoms with Crippen LogP contribution in [-0.4, -0.2) is 53.8 Å². The van der Waals surface area contributed by atoms with Crippen LogP contribution in [0.4, 0.5) is 0 Å². The second-order valence-electron chi connectivity index (χ2n) is 5.58. The minimum atomic E-state index is -1.06. The number of benzene rings is 1. The van der Waals surface area contributed by atoms with Crippen LogP contribution in [0.1, 0.15) is 18.1 Å². The Labute approximate surface area is 129 Å². The topological polar surface area (TPSA) is 76.1 Å². The Bertz CT molecular complexity index is 551. The molecular weight excluding hydrogens is 286 g/mol. The second-order valence-corrected chi connectivity index (χ2v) is 5.58. The molecule has 2 rings (SSSR count). The fraction of sp³-hybridized carbons (Fsp3) is 0.500. The van der Waals surface area contributed by atoms with Crippen molar-refractivity contribution in [1.29, 1.82) is 0 Å². The summed E-state index contributed by atoms with van der Waals surface area (Å²) in [5, 5.41) is 9.04. The minimum Gasteiger partial charge on any atom is -0.483 e. The lowest BCUT2D eigenvalue weighted by Gasteiger charge is -2.34. The SMILES string of the molecule is Cc1cccc(C)c1OCC(=O)N1CC(C(=O)O)O[C@H](C)C1. The third kappa shape index (κ3) is 3.76. The number of carboxylic acid groups (broad SMARTS) is 1. The maximum absolute atomic E-state index is 12.3. The molecule has 0 aliphatic carbocycles. The number of amides is 1. The highest BCUT2D eigenvalue weighted by Crippen LogP contribution is 2.22. The molecule has 0 saturated carbocycles. The van der Waals surface area contributed by atoms with Crippen molar-refractivity contribution in [2.75, 3.05) is 19.7 Å². The van der Waals surface area contributed by atoms with E-state index in [1.807, 2.05) is 32.0 Å². The monoisotopic (exact) mass is 307 g/mol.